The van der Waals surface area contributed by atoms with E-state index in [0.717, 1.165) is 44.9 Å². The summed E-state index contributed by atoms with van der Waals surface area (Å²) in [5.41, 5.74) is 14.7. The van der Waals surface area contributed by atoms with Crippen LogP contribution in [0.5, 0.6) is 0 Å². The van der Waals surface area contributed by atoms with E-state index >= 15 is 0 Å². The summed E-state index contributed by atoms with van der Waals surface area (Å²) in [5.74, 6) is 0.876. The van der Waals surface area contributed by atoms with Crippen molar-refractivity contribution in [2.24, 2.45) is 0 Å². The molecule has 0 N–H and O–H groups in total. The fourth-order valence-corrected chi connectivity index (χ4v) is 8.36. The van der Waals surface area contributed by atoms with E-state index in [0.29, 0.717) is 0 Å². The molecule has 0 aliphatic carbocycles. The molecule has 0 bridgehead atoms. The average molecular weight is 715 g/mol. The van der Waals surface area contributed by atoms with Gasteiger partial charge in [0, 0.05) is 45.2 Å². The Labute approximate surface area is 324 Å². The Balaban J connectivity index is 1.08. The van der Waals surface area contributed by atoms with Crippen LogP contribution in [-0.4, -0.2) is 19.1 Å². The number of para-hydroxylation sites is 2. The monoisotopic (exact) mass is 714 g/mol. The summed E-state index contributed by atoms with van der Waals surface area (Å²) in [4.78, 5) is 9.57. The van der Waals surface area contributed by atoms with Crippen molar-refractivity contribution in [1.29, 1.82) is 0 Å². The van der Waals surface area contributed by atoms with Crippen LogP contribution in [0.1, 0.15) is 0 Å². The Hall–Kier alpha value is -7.56. The Morgan fingerprint density at radius 2 is 0.839 bits per heavy atom. The highest BCUT2D eigenvalue weighted by Crippen LogP contribution is 2.39. The quantitative estimate of drug-likeness (QED) is 0.172. The van der Waals surface area contributed by atoms with Gasteiger partial charge in [0.15, 0.2) is 0 Å². The van der Waals surface area contributed by atoms with Gasteiger partial charge in [-0.2, -0.15) is 0 Å². The highest BCUT2D eigenvalue weighted by molar-refractivity contribution is 6.12. The first-order valence-corrected chi connectivity index (χ1v) is 19.0. The standard InChI is InChI=1S/C52H34N4/c1-3-11-35(12-4-1)37-19-23-42(24-20-37)55-48-17-9-7-15-43(48)45-25-21-40(33-51(45)55)39-22-26-50-46(31-39)44-16-8-10-18-49(44)56(50)52-34-41(36-13-5-2-6-14-36)32-47(54-52)38-27-29-53-30-28-38/h1-34H. The van der Waals surface area contributed by atoms with Crippen molar-refractivity contribution < 1.29 is 0 Å². The lowest BCUT2D eigenvalue weighted by Crippen LogP contribution is -2.00. The van der Waals surface area contributed by atoms with Gasteiger partial charge in [-0.3, -0.25) is 9.55 Å². The van der Waals surface area contributed by atoms with Crippen LogP contribution < -0.4 is 0 Å². The van der Waals surface area contributed by atoms with E-state index in [1.165, 1.54) is 54.8 Å². The Bertz CT molecular complexity index is 3160. The van der Waals surface area contributed by atoms with Crippen LogP contribution in [0.2, 0.25) is 0 Å². The Kier molecular flexibility index (Phi) is 7.46. The number of benzene rings is 7. The number of nitrogens with zero attached hydrogens (tertiary/aromatic N) is 4. The molecule has 4 heteroatoms. The maximum Gasteiger partial charge on any atom is 0.138 e. The molecule has 11 rings (SSSR count). The highest BCUT2D eigenvalue weighted by atomic mass is 15.1. The molecule has 0 amide bonds. The summed E-state index contributed by atoms with van der Waals surface area (Å²) in [6.45, 7) is 0. The number of rotatable bonds is 6. The molecule has 0 aliphatic heterocycles. The smallest absolute Gasteiger partial charge is 0.138 e. The lowest BCUT2D eigenvalue weighted by molar-refractivity contribution is 1.08. The summed E-state index contributed by atoms with van der Waals surface area (Å²) < 4.78 is 4.71. The molecule has 56 heavy (non-hydrogen) atoms. The van der Waals surface area contributed by atoms with E-state index in [1.54, 1.807) is 0 Å². The van der Waals surface area contributed by atoms with E-state index in [-0.39, 0.29) is 0 Å². The summed E-state index contributed by atoms with van der Waals surface area (Å²) >= 11 is 0. The van der Waals surface area contributed by atoms with Gasteiger partial charge in [-0.25, -0.2) is 4.98 Å². The molecule has 11 aromatic rings. The van der Waals surface area contributed by atoms with Crippen LogP contribution in [0, 0.1) is 0 Å². The maximum absolute atomic E-state index is 5.30. The maximum atomic E-state index is 5.30. The SMILES string of the molecule is c1ccc(-c2ccc(-n3c4ccccc4c4ccc(-c5ccc6c(c5)c5ccccc5n6-c5cc(-c6ccccc6)cc(-c6ccncc6)n5)cc43)cc2)cc1. The van der Waals surface area contributed by atoms with Gasteiger partial charge in [0.2, 0.25) is 0 Å². The molecule has 0 spiro atoms. The first kappa shape index (κ1) is 31.9. The Morgan fingerprint density at radius 1 is 0.304 bits per heavy atom. The third-order valence-electron chi connectivity index (χ3n) is 11.0. The molecule has 0 saturated heterocycles. The van der Waals surface area contributed by atoms with Crippen molar-refractivity contribution in [2.75, 3.05) is 0 Å². The minimum absolute atomic E-state index is 0.876. The predicted octanol–water partition coefficient (Wildman–Crippen LogP) is 13.3. The number of pyridine rings is 2. The van der Waals surface area contributed by atoms with Gasteiger partial charge in [-0.15, -0.1) is 0 Å². The minimum Gasteiger partial charge on any atom is -0.309 e. The van der Waals surface area contributed by atoms with Crippen molar-refractivity contribution in [1.82, 2.24) is 19.1 Å². The van der Waals surface area contributed by atoms with Crippen LogP contribution in [0.4, 0.5) is 0 Å². The molecular weight excluding hydrogens is 681 g/mol. The van der Waals surface area contributed by atoms with E-state index < -0.39 is 0 Å². The highest BCUT2D eigenvalue weighted by Gasteiger charge is 2.18. The van der Waals surface area contributed by atoms with Gasteiger partial charge in [0.25, 0.3) is 0 Å². The van der Waals surface area contributed by atoms with Gasteiger partial charge in [-0.1, -0.05) is 127 Å². The number of hydrogen-bond acceptors (Lipinski definition) is 2. The van der Waals surface area contributed by atoms with Crippen molar-refractivity contribution >= 4 is 43.6 Å². The zero-order valence-electron chi connectivity index (χ0n) is 30.4. The third-order valence-corrected chi connectivity index (χ3v) is 11.0. The Morgan fingerprint density at radius 3 is 1.57 bits per heavy atom. The molecule has 4 aromatic heterocycles. The lowest BCUT2D eigenvalue weighted by atomic mass is 10.0. The summed E-state index contributed by atoms with van der Waals surface area (Å²) in [6, 6.07) is 69.6. The molecule has 4 nitrogen and oxygen atoms in total. The second-order valence-corrected chi connectivity index (χ2v) is 14.3. The predicted molar refractivity (Wildman–Crippen MR) is 232 cm³/mol. The molecule has 0 unspecified atom stereocenters. The van der Waals surface area contributed by atoms with Gasteiger partial charge < -0.3 is 4.57 Å². The van der Waals surface area contributed by atoms with Crippen LogP contribution in [0.25, 0.3) is 99.8 Å². The van der Waals surface area contributed by atoms with E-state index in [9.17, 15) is 0 Å². The first-order valence-electron chi connectivity index (χ1n) is 19.0. The molecule has 0 radical (unpaired) electrons. The molecule has 7 aromatic carbocycles. The van der Waals surface area contributed by atoms with Crippen molar-refractivity contribution in [3.63, 3.8) is 0 Å². The van der Waals surface area contributed by atoms with E-state index in [2.05, 4.69) is 196 Å². The summed E-state index contributed by atoms with van der Waals surface area (Å²) in [7, 11) is 0. The normalized spacial score (nSPS) is 11.6. The second-order valence-electron chi connectivity index (χ2n) is 14.3. The number of fused-ring (bicyclic) bond motifs is 6. The second kappa shape index (κ2) is 13.1. The molecule has 0 saturated carbocycles. The van der Waals surface area contributed by atoms with Gasteiger partial charge in [-0.05, 0) is 100 Å². The molecule has 0 aliphatic rings. The fourth-order valence-electron chi connectivity index (χ4n) is 8.36. The zero-order chi connectivity index (χ0) is 37.0. The average Bonchev–Trinajstić information content (AvgIpc) is 3.79. The van der Waals surface area contributed by atoms with Crippen LogP contribution >= 0.6 is 0 Å². The van der Waals surface area contributed by atoms with Gasteiger partial charge in [0.05, 0.1) is 27.8 Å². The topological polar surface area (TPSA) is 35.6 Å². The van der Waals surface area contributed by atoms with E-state index in [1.807, 2.05) is 24.5 Å². The zero-order valence-corrected chi connectivity index (χ0v) is 30.4. The van der Waals surface area contributed by atoms with Crippen LogP contribution in [0.3, 0.4) is 0 Å². The summed E-state index contributed by atoms with van der Waals surface area (Å²) in [6.07, 6.45) is 3.65. The lowest BCUT2D eigenvalue weighted by Gasteiger charge is -2.13. The minimum atomic E-state index is 0.876. The van der Waals surface area contributed by atoms with Gasteiger partial charge >= 0.3 is 0 Å². The van der Waals surface area contributed by atoms with Crippen molar-refractivity contribution in [2.45, 2.75) is 0 Å². The molecule has 0 fully saturated rings. The van der Waals surface area contributed by atoms with E-state index in [4.69, 9.17) is 4.98 Å². The third kappa shape index (κ3) is 5.31. The van der Waals surface area contributed by atoms with Crippen molar-refractivity contribution in [3.8, 4) is 56.1 Å². The fraction of sp³-hybridized carbons (Fsp3) is 0. The number of aromatic nitrogens is 4. The van der Waals surface area contributed by atoms with Gasteiger partial charge in [0.1, 0.15) is 5.82 Å². The summed E-state index contributed by atoms with van der Waals surface area (Å²) in [5, 5.41) is 4.86. The molecular formula is C52H34N4. The molecule has 4 heterocycles. The van der Waals surface area contributed by atoms with Crippen LogP contribution in [0.15, 0.2) is 207 Å². The largest absolute Gasteiger partial charge is 0.309 e. The molecule has 0 atom stereocenters. The number of hydrogen-bond donors (Lipinski definition) is 0. The van der Waals surface area contributed by atoms with Crippen LogP contribution in [-0.2, 0) is 0 Å². The molecule has 262 valence electrons. The van der Waals surface area contributed by atoms with Crippen molar-refractivity contribution in [3.05, 3.63) is 207 Å². The first-order chi connectivity index (χ1) is 27.8.